The van der Waals surface area contributed by atoms with E-state index in [9.17, 15) is 9.59 Å². The van der Waals surface area contributed by atoms with Crippen LogP contribution >= 0.6 is 0 Å². The van der Waals surface area contributed by atoms with Gasteiger partial charge in [-0.25, -0.2) is 4.79 Å². The highest BCUT2D eigenvalue weighted by molar-refractivity contribution is 5.83. The first-order valence-corrected chi connectivity index (χ1v) is 4.24. The van der Waals surface area contributed by atoms with Gasteiger partial charge in [0.2, 0.25) is 5.91 Å². The summed E-state index contributed by atoms with van der Waals surface area (Å²) in [6, 6.07) is 0.377. The third-order valence-corrected chi connectivity index (χ3v) is 1.68. The second-order valence-electron chi connectivity index (χ2n) is 2.84. The lowest BCUT2D eigenvalue weighted by molar-refractivity contribution is -0.143. The minimum Gasteiger partial charge on any atom is -0.480 e. The van der Waals surface area contributed by atoms with Gasteiger partial charge in [0, 0.05) is 12.4 Å². The van der Waals surface area contributed by atoms with Gasteiger partial charge in [-0.2, -0.15) is 5.10 Å². The molecule has 0 spiro atoms. The number of carboxylic acid groups (broad SMARTS) is 1. The highest BCUT2D eigenvalue weighted by Crippen LogP contribution is 1.87. The summed E-state index contributed by atoms with van der Waals surface area (Å²) in [4.78, 5) is 21.7. The van der Waals surface area contributed by atoms with E-state index in [2.05, 4.69) is 10.4 Å². The van der Waals surface area contributed by atoms with E-state index >= 15 is 0 Å². The molecule has 1 aromatic rings. The van der Waals surface area contributed by atoms with Crippen molar-refractivity contribution in [3.8, 4) is 0 Å². The maximum absolute atomic E-state index is 11.2. The average Bonchev–Trinajstić information content (AvgIpc) is 2.66. The van der Waals surface area contributed by atoms with E-state index in [1.807, 2.05) is 0 Å². The molecule has 82 valence electrons. The average molecular weight is 213 g/mol. The molecule has 1 amide bonds. The molecule has 7 heteroatoms. The monoisotopic (exact) mass is 213 g/mol. The van der Waals surface area contributed by atoms with Crippen LogP contribution in [0.15, 0.2) is 18.5 Å². The summed E-state index contributed by atoms with van der Waals surface area (Å²) in [5, 5.41) is 23.1. The van der Waals surface area contributed by atoms with Crippen molar-refractivity contribution in [1.82, 2.24) is 15.1 Å². The number of carbonyl (C=O) groups excluding carboxylic acids is 1. The predicted octanol–water partition coefficient (Wildman–Crippen LogP) is -1.56. The number of rotatable bonds is 5. The molecule has 7 nitrogen and oxygen atoms in total. The van der Waals surface area contributed by atoms with Gasteiger partial charge < -0.3 is 15.5 Å². The standard InChI is InChI=1S/C8H11N3O4/c12-5-6(8(14)15)10-7(13)4-11-3-1-2-9-11/h1-3,6,12H,4-5H2,(H,10,13)(H,14,15)/t6-/m1/s1. The highest BCUT2D eigenvalue weighted by atomic mass is 16.4. The zero-order valence-corrected chi connectivity index (χ0v) is 7.83. The Labute approximate surface area is 85.3 Å². The van der Waals surface area contributed by atoms with E-state index in [4.69, 9.17) is 10.2 Å². The zero-order valence-electron chi connectivity index (χ0n) is 7.83. The first-order chi connectivity index (χ1) is 7.13. The molecule has 1 heterocycles. The summed E-state index contributed by atoms with van der Waals surface area (Å²) < 4.78 is 1.35. The lowest BCUT2D eigenvalue weighted by atomic mass is 10.3. The first-order valence-electron chi connectivity index (χ1n) is 4.24. The molecule has 0 saturated heterocycles. The number of carbonyl (C=O) groups is 2. The van der Waals surface area contributed by atoms with Crippen molar-refractivity contribution in [3.05, 3.63) is 18.5 Å². The molecule has 0 fully saturated rings. The molecule has 1 atom stereocenters. The number of aliphatic hydroxyl groups excluding tert-OH is 1. The number of amides is 1. The van der Waals surface area contributed by atoms with Crippen LogP contribution in [-0.2, 0) is 16.1 Å². The molecule has 0 aliphatic rings. The van der Waals surface area contributed by atoms with Gasteiger partial charge in [-0.15, -0.1) is 0 Å². The highest BCUT2D eigenvalue weighted by Gasteiger charge is 2.18. The van der Waals surface area contributed by atoms with E-state index in [0.717, 1.165) is 0 Å². The summed E-state index contributed by atoms with van der Waals surface area (Å²) in [6.45, 7) is -0.711. The van der Waals surface area contributed by atoms with Gasteiger partial charge in [0.15, 0.2) is 0 Å². The second kappa shape index (κ2) is 5.11. The molecule has 0 saturated carbocycles. The van der Waals surface area contributed by atoms with Crippen LogP contribution in [-0.4, -0.2) is 44.5 Å². The van der Waals surface area contributed by atoms with Gasteiger partial charge in [-0.3, -0.25) is 9.48 Å². The number of aliphatic hydroxyl groups is 1. The van der Waals surface area contributed by atoms with Crippen LogP contribution in [0.5, 0.6) is 0 Å². The maximum Gasteiger partial charge on any atom is 0.328 e. The van der Waals surface area contributed by atoms with Crippen molar-refractivity contribution < 1.29 is 19.8 Å². The molecule has 0 aromatic carbocycles. The third-order valence-electron chi connectivity index (χ3n) is 1.68. The first kappa shape index (κ1) is 11.2. The van der Waals surface area contributed by atoms with Crippen molar-refractivity contribution in [2.75, 3.05) is 6.61 Å². The van der Waals surface area contributed by atoms with Gasteiger partial charge in [0.25, 0.3) is 0 Å². The summed E-state index contributed by atoms with van der Waals surface area (Å²) in [5.74, 6) is -1.79. The number of hydrogen-bond donors (Lipinski definition) is 3. The molecule has 0 radical (unpaired) electrons. The van der Waals surface area contributed by atoms with Crippen molar-refractivity contribution in [1.29, 1.82) is 0 Å². The fourth-order valence-corrected chi connectivity index (χ4v) is 0.967. The molecule has 0 aliphatic carbocycles. The topological polar surface area (TPSA) is 104 Å². The SMILES string of the molecule is O=C(Cn1cccn1)N[C@H](CO)C(=O)O. The molecule has 3 N–H and O–H groups in total. The number of aromatic nitrogens is 2. The number of nitrogens with zero attached hydrogens (tertiary/aromatic N) is 2. The zero-order chi connectivity index (χ0) is 11.3. The smallest absolute Gasteiger partial charge is 0.328 e. The largest absolute Gasteiger partial charge is 0.480 e. The van der Waals surface area contributed by atoms with Crippen LogP contribution in [0.4, 0.5) is 0 Å². The summed E-state index contributed by atoms with van der Waals surface area (Å²) in [6.07, 6.45) is 3.09. The Balaban J connectivity index is 2.45. The van der Waals surface area contributed by atoms with Crippen LogP contribution in [0.2, 0.25) is 0 Å². The molecular weight excluding hydrogens is 202 g/mol. The van der Waals surface area contributed by atoms with Crippen molar-refractivity contribution in [3.63, 3.8) is 0 Å². The Kier molecular flexibility index (Phi) is 3.81. The molecule has 0 aliphatic heterocycles. The molecule has 0 bridgehead atoms. The van der Waals surface area contributed by atoms with Crippen LogP contribution in [0, 0.1) is 0 Å². The lowest BCUT2D eigenvalue weighted by Gasteiger charge is -2.11. The summed E-state index contributed by atoms with van der Waals surface area (Å²) >= 11 is 0. The number of aliphatic carboxylic acids is 1. The fourth-order valence-electron chi connectivity index (χ4n) is 0.967. The van der Waals surface area contributed by atoms with Gasteiger partial charge in [-0.1, -0.05) is 0 Å². The maximum atomic E-state index is 11.2. The van der Waals surface area contributed by atoms with Crippen LogP contribution in [0.1, 0.15) is 0 Å². The molecule has 15 heavy (non-hydrogen) atoms. The van der Waals surface area contributed by atoms with Gasteiger partial charge in [0.1, 0.15) is 12.6 Å². The van der Waals surface area contributed by atoms with Crippen LogP contribution in [0.3, 0.4) is 0 Å². The van der Waals surface area contributed by atoms with Gasteiger partial charge >= 0.3 is 5.97 Å². The minimum absolute atomic E-state index is 0.0726. The van der Waals surface area contributed by atoms with Crippen molar-refractivity contribution in [2.24, 2.45) is 0 Å². The third kappa shape index (κ3) is 3.39. The predicted molar refractivity (Wildman–Crippen MR) is 48.9 cm³/mol. The molecule has 1 aromatic heterocycles. The van der Waals surface area contributed by atoms with Crippen molar-refractivity contribution >= 4 is 11.9 Å². The van der Waals surface area contributed by atoms with Gasteiger partial charge in [-0.05, 0) is 6.07 Å². The van der Waals surface area contributed by atoms with E-state index < -0.39 is 24.5 Å². The Morgan fingerprint density at radius 3 is 2.73 bits per heavy atom. The van der Waals surface area contributed by atoms with Crippen molar-refractivity contribution in [2.45, 2.75) is 12.6 Å². The number of hydrogen-bond acceptors (Lipinski definition) is 4. The number of nitrogens with one attached hydrogen (secondary N) is 1. The Morgan fingerprint density at radius 1 is 1.53 bits per heavy atom. The normalized spacial score (nSPS) is 12.1. The van der Waals surface area contributed by atoms with E-state index in [1.54, 1.807) is 12.3 Å². The number of carboxylic acids is 1. The summed E-state index contributed by atoms with van der Waals surface area (Å²) in [5.41, 5.74) is 0. The summed E-state index contributed by atoms with van der Waals surface area (Å²) in [7, 11) is 0. The molecular formula is C8H11N3O4. The Morgan fingerprint density at radius 2 is 2.27 bits per heavy atom. The second-order valence-corrected chi connectivity index (χ2v) is 2.84. The van der Waals surface area contributed by atoms with E-state index in [0.29, 0.717) is 0 Å². The van der Waals surface area contributed by atoms with Gasteiger partial charge in [0.05, 0.1) is 6.61 Å². The fraction of sp³-hybridized carbons (Fsp3) is 0.375. The molecule has 1 rings (SSSR count). The Bertz CT molecular complexity index is 336. The quantitative estimate of drug-likeness (QED) is 0.549. The van der Waals surface area contributed by atoms with Crippen LogP contribution in [0.25, 0.3) is 0 Å². The molecule has 0 unspecified atom stereocenters. The van der Waals surface area contributed by atoms with E-state index in [-0.39, 0.29) is 6.54 Å². The lowest BCUT2D eigenvalue weighted by Crippen LogP contribution is -2.44. The van der Waals surface area contributed by atoms with E-state index in [1.165, 1.54) is 10.9 Å². The van der Waals surface area contributed by atoms with Crippen LogP contribution < -0.4 is 5.32 Å². The minimum atomic E-state index is -1.27. The Hall–Kier alpha value is -1.89.